The van der Waals surface area contributed by atoms with E-state index in [1.807, 2.05) is 19.9 Å². The fourth-order valence-corrected chi connectivity index (χ4v) is 5.70. The molecule has 0 saturated heterocycles. The molecule has 10 heteroatoms. The molecule has 3 aromatic rings. The number of amides is 4. The van der Waals surface area contributed by atoms with E-state index in [9.17, 15) is 14.4 Å². The van der Waals surface area contributed by atoms with Crippen molar-refractivity contribution in [3.05, 3.63) is 53.8 Å². The van der Waals surface area contributed by atoms with Gasteiger partial charge in [0.1, 0.15) is 9.71 Å². The number of anilines is 3. The molecule has 0 radical (unpaired) electrons. The van der Waals surface area contributed by atoms with Crippen molar-refractivity contribution < 1.29 is 14.4 Å². The summed E-state index contributed by atoms with van der Waals surface area (Å²) in [6.07, 6.45) is 7.02. The largest absolute Gasteiger partial charge is 0.348 e. The van der Waals surface area contributed by atoms with Crippen LogP contribution in [0.4, 0.5) is 21.9 Å². The Hall–Kier alpha value is -3.79. The fourth-order valence-electron chi connectivity index (χ4n) is 4.67. The Morgan fingerprint density at radius 1 is 1.20 bits per heavy atom. The van der Waals surface area contributed by atoms with Crippen LogP contribution >= 0.6 is 11.3 Å². The molecule has 1 fully saturated rings. The number of urea groups is 1. The minimum Gasteiger partial charge on any atom is -0.348 e. The predicted molar refractivity (Wildman–Crippen MR) is 136 cm³/mol. The summed E-state index contributed by atoms with van der Waals surface area (Å²) < 4.78 is 0. The Kier molecular flexibility index (Phi) is 5.98. The number of hydrogen-bond donors (Lipinski definition) is 3. The van der Waals surface area contributed by atoms with Crippen LogP contribution in [0.2, 0.25) is 0 Å². The Bertz CT molecular complexity index is 1350. The molecule has 2 atom stereocenters. The number of carbonyl (C=O) groups is 3. The van der Waals surface area contributed by atoms with Crippen molar-refractivity contribution in [1.29, 1.82) is 0 Å². The zero-order valence-corrected chi connectivity index (χ0v) is 20.3. The van der Waals surface area contributed by atoms with Gasteiger partial charge in [0.15, 0.2) is 0 Å². The number of aromatic nitrogens is 2. The summed E-state index contributed by atoms with van der Waals surface area (Å²) >= 11 is 1.24. The second-order valence-electron chi connectivity index (χ2n) is 9.01. The maximum atomic E-state index is 13.3. The fraction of sp³-hybridized carbons (Fsp3) is 0.320. The smallest absolute Gasteiger partial charge is 0.331 e. The molecule has 4 amide bonds. The first-order valence-corrected chi connectivity index (χ1v) is 12.4. The number of pyridine rings is 2. The molecule has 1 aliphatic carbocycles. The SMILES string of the molecule is C=CC(=O)N[C@@H]1CCC[C@H]1NC(=O)c1sc2nccc3c2c1NC(=O)N3c1ccnc(C(C)C)c1. The highest BCUT2D eigenvalue weighted by molar-refractivity contribution is 7.21. The predicted octanol–water partition coefficient (Wildman–Crippen LogP) is 4.45. The number of carbonyl (C=O) groups excluding carboxylic acids is 3. The minimum atomic E-state index is -0.352. The van der Waals surface area contributed by atoms with Gasteiger partial charge in [-0.25, -0.2) is 9.78 Å². The summed E-state index contributed by atoms with van der Waals surface area (Å²) in [5, 5.41) is 9.60. The molecule has 5 rings (SSSR count). The van der Waals surface area contributed by atoms with Crippen LogP contribution in [0, 0.1) is 0 Å². The number of nitrogens with one attached hydrogen (secondary N) is 3. The lowest BCUT2D eigenvalue weighted by atomic mass is 10.1. The second kappa shape index (κ2) is 9.10. The Morgan fingerprint density at radius 2 is 1.94 bits per heavy atom. The standard InChI is InChI=1S/C25H26N6O3S/c1-4-19(32)28-15-6-5-7-16(15)29-23(33)22-21-20-18(9-11-27-24(20)35-22)31(25(34)30-21)14-8-10-26-17(12-14)13(2)3/h4,8-13,15-16H,1,5-7H2,2-3H3,(H,28,32)(H,29,33)(H,30,34)/t15-,16-/m1/s1. The highest BCUT2D eigenvalue weighted by atomic mass is 32.1. The van der Waals surface area contributed by atoms with Gasteiger partial charge in [-0.1, -0.05) is 20.4 Å². The Balaban J connectivity index is 1.49. The number of rotatable bonds is 6. The minimum absolute atomic E-state index is 0.157. The van der Waals surface area contributed by atoms with Gasteiger partial charge < -0.3 is 16.0 Å². The van der Waals surface area contributed by atoms with E-state index in [4.69, 9.17) is 0 Å². The molecule has 3 N–H and O–H groups in total. The summed E-state index contributed by atoms with van der Waals surface area (Å²) in [5.74, 6) is -0.340. The molecule has 0 spiro atoms. The third kappa shape index (κ3) is 4.14. The molecule has 1 aliphatic heterocycles. The number of thiophene rings is 1. The lowest BCUT2D eigenvalue weighted by Gasteiger charge is -2.29. The van der Waals surface area contributed by atoms with E-state index in [1.165, 1.54) is 17.4 Å². The van der Waals surface area contributed by atoms with Crippen LogP contribution in [0.1, 0.15) is 54.4 Å². The molecule has 35 heavy (non-hydrogen) atoms. The molecule has 9 nitrogen and oxygen atoms in total. The van der Waals surface area contributed by atoms with E-state index in [0.717, 1.165) is 30.3 Å². The molecular formula is C25H26N6O3S. The molecule has 1 saturated carbocycles. The zero-order valence-electron chi connectivity index (χ0n) is 19.5. The third-order valence-electron chi connectivity index (χ3n) is 6.41. The van der Waals surface area contributed by atoms with Gasteiger partial charge >= 0.3 is 6.03 Å². The van der Waals surface area contributed by atoms with Gasteiger partial charge in [-0.3, -0.25) is 19.5 Å². The van der Waals surface area contributed by atoms with Gasteiger partial charge in [0.2, 0.25) is 5.91 Å². The van der Waals surface area contributed by atoms with Crippen LogP contribution in [0.15, 0.2) is 43.2 Å². The van der Waals surface area contributed by atoms with Crippen molar-refractivity contribution in [2.24, 2.45) is 0 Å². The summed E-state index contributed by atoms with van der Waals surface area (Å²) in [6, 6.07) is 4.77. The van der Waals surface area contributed by atoms with Crippen LogP contribution in [0.5, 0.6) is 0 Å². The van der Waals surface area contributed by atoms with E-state index in [1.54, 1.807) is 29.4 Å². The maximum Gasteiger partial charge on any atom is 0.331 e. The van der Waals surface area contributed by atoms with Crippen LogP contribution in [0.25, 0.3) is 10.2 Å². The van der Waals surface area contributed by atoms with Gasteiger partial charge in [-0.2, -0.15) is 0 Å². The molecule has 0 aromatic carbocycles. The first-order chi connectivity index (χ1) is 16.9. The van der Waals surface area contributed by atoms with Crippen LogP contribution < -0.4 is 20.9 Å². The number of hydrogen-bond acceptors (Lipinski definition) is 6. The molecule has 0 bridgehead atoms. The van der Waals surface area contributed by atoms with Gasteiger partial charge in [0, 0.05) is 30.2 Å². The maximum absolute atomic E-state index is 13.3. The first-order valence-electron chi connectivity index (χ1n) is 11.6. The van der Waals surface area contributed by atoms with Crippen LogP contribution in [-0.4, -0.2) is 39.9 Å². The van der Waals surface area contributed by atoms with Crippen molar-refractivity contribution in [2.75, 3.05) is 10.2 Å². The first kappa shape index (κ1) is 23.0. The van der Waals surface area contributed by atoms with Crippen molar-refractivity contribution in [3.8, 4) is 0 Å². The average Bonchev–Trinajstić information content (AvgIpc) is 3.44. The highest BCUT2D eigenvalue weighted by Crippen LogP contribution is 2.45. The summed E-state index contributed by atoms with van der Waals surface area (Å²) in [7, 11) is 0. The lowest BCUT2D eigenvalue weighted by molar-refractivity contribution is -0.117. The highest BCUT2D eigenvalue weighted by Gasteiger charge is 2.35. The van der Waals surface area contributed by atoms with Crippen molar-refractivity contribution in [1.82, 2.24) is 20.6 Å². The van der Waals surface area contributed by atoms with E-state index in [2.05, 4.69) is 32.5 Å². The van der Waals surface area contributed by atoms with E-state index < -0.39 is 0 Å². The van der Waals surface area contributed by atoms with Gasteiger partial charge in [-0.15, -0.1) is 11.3 Å². The topological polar surface area (TPSA) is 116 Å². The zero-order chi connectivity index (χ0) is 24.7. The van der Waals surface area contributed by atoms with Crippen molar-refractivity contribution in [3.63, 3.8) is 0 Å². The van der Waals surface area contributed by atoms with Crippen molar-refractivity contribution >= 4 is 56.5 Å². The van der Waals surface area contributed by atoms with E-state index in [-0.39, 0.29) is 35.8 Å². The average molecular weight is 491 g/mol. The summed E-state index contributed by atoms with van der Waals surface area (Å²) in [6.45, 7) is 7.59. The molecule has 0 unspecified atom stereocenters. The van der Waals surface area contributed by atoms with Crippen LogP contribution in [0.3, 0.4) is 0 Å². The monoisotopic (exact) mass is 490 g/mol. The third-order valence-corrected chi connectivity index (χ3v) is 7.51. The van der Waals surface area contributed by atoms with Crippen LogP contribution in [-0.2, 0) is 4.79 Å². The van der Waals surface area contributed by atoms with E-state index >= 15 is 0 Å². The number of nitrogens with zero attached hydrogens (tertiary/aromatic N) is 3. The summed E-state index contributed by atoms with van der Waals surface area (Å²) in [4.78, 5) is 49.9. The molecule has 180 valence electrons. The molecule has 4 heterocycles. The summed E-state index contributed by atoms with van der Waals surface area (Å²) in [5.41, 5.74) is 2.71. The Morgan fingerprint density at radius 3 is 2.69 bits per heavy atom. The molecular weight excluding hydrogens is 464 g/mol. The normalized spacial score (nSPS) is 19.1. The molecule has 2 aliphatic rings. The lowest BCUT2D eigenvalue weighted by Crippen LogP contribution is -2.48. The van der Waals surface area contributed by atoms with E-state index in [0.29, 0.717) is 26.8 Å². The quantitative estimate of drug-likeness (QED) is 0.442. The van der Waals surface area contributed by atoms with Gasteiger partial charge in [0.05, 0.1) is 22.4 Å². The Labute approximate surface area is 206 Å². The van der Waals surface area contributed by atoms with Gasteiger partial charge in [0.25, 0.3) is 5.91 Å². The van der Waals surface area contributed by atoms with Crippen molar-refractivity contribution in [2.45, 2.75) is 51.1 Å². The van der Waals surface area contributed by atoms with Gasteiger partial charge in [-0.05, 0) is 49.5 Å². The second-order valence-corrected chi connectivity index (χ2v) is 10.0. The molecule has 3 aromatic heterocycles.